The largest absolute Gasteiger partial charge is 0.477 e. The number of benzene rings is 2. The lowest BCUT2D eigenvalue weighted by atomic mass is 9.88. The second-order valence-corrected chi connectivity index (χ2v) is 8.79. The van der Waals surface area contributed by atoms with E-state index in [1.165, 1.54) is 11.1 Å². The standard InChI is InChI=1S/C26H28ClN3O4/c1-3-33-26(32)17(2)34-23-14-13-18(15-21(23)27)16-28-30-24(19-9-5-4-6-10-19)29-22-12-8-7-11-20(22)25(30)31/h7-8,11-17,19H,3-6,9-10H2,1-2H3/t17-/m1/s1. The van der Waals surface area contributed by atoms with Crippen molar-refractivity contribution in [2.45, 2.75) is 58.0 Å². The minimum absolute atomic E-state index is 0.184. The Balaban J connectivity index is 1.64. The monoisotopic (exact) mass is 481 g/mol. The summed E-state index contributed by atoms with van der Waals surface area (Å²) in [7, 11) is 0. The highest BCUT2D eigenvalue weighted by molar-refractivity contribution is 6.32. The maximum Gasteiger partial charge on any atom is 0.347 e. The van der Waals surface area contributed by atoms with Gasteiger partial charge in [0, 0.05) is 5.92 Å². The molecule has 1 heterocycles. The van der Waals surface area contributed by atoms with Crippen LogP contribution >= 0.6 is 11.6 Å². The highest BCUT2D eigenvalue weighted by atomic mass is 35.5. The van der Waals surface area contributed by atoms with Gasteiger partial charge in [-0.2, -0.15) is 9.78 Å². The Kier molecular flexibility index (Phi) is 7.63. The first-order valence-corrected chi connectivity index (χ1v) is 12.0. The summed E-state index contributed by atoms with van der Waals surface area (Å²) < 4.78 is 12.0. The van der Waals surface area contributed by atoms with Crippen molar-refractivity contribution < 1.29 is 14.3 Å². The van der Waals surface area contributed by atoms with Gasteiger partial charge in [0.1, 0.15) is 11.6 Å². The van der Waals surface area contributed by atoms with Crippen LogP contribution in [0.4, 0.5) is 0 Å². The third-order valence-corrected chi connectivity index (χ3v) is 6.25. The first-order valence-electron chi connectivity index (χ1n) is 11.7. The van der Waals surface area contributed by atoms with Crippen molar-refractivity contribution >= 4 is 34.7 Å². The number of halogens is 1. The maximum absolute atomic E-state index is 13.3. The molecule has 3 aromatic rings. The second kappa shape index (κ2) is 10.8. The number of para-hydroxylation sites is 1. The summed E-state index contributed by atoms with van der Waals surface area (Å²) in [5, 5.41) is 5.39. The molecule has 2 aromatic carbocycles. The maximum atomic E-state index is 13.3. The van der Waals surface area contributed by atoms with Gasteiger partial charge in [0.2, 0.25) is 0 Å². The van der Waals surface area contributed by atoms with E-state index < -0.39 is 12.1 Å². The Labute approximate surface area is 203 Å². The summed E-state index contributed by atoms with van der Waals surface area (Å²) in [5.41, 5.74) is 1.20. The van der Waals surface area contributed by atoms with Gasteiger partial charge in [0.05, 0.1) is 28.7 Å². The van der Waals surface area contributed by atoms with E-state index in [4.69, 9.17) is 26.1 Å². The predicted molar refractivity (Wildman–Crippen MR) is 133 cm³/mol. The van der Waals surface area contributed by atoms with E-state index >= 15 is 0 Å². The molecule has 1 aromatic heterocycles. The topological polar surface area (TPSA) is 82.8 Å². The third kappa shape index (κ3) is 5.30. The molecule has 0 spiro atoms. The SMILES string of the molecule is CCOC(=O)[C@@H](C)Oc1ccc(C=Nn2c(C3CCCCC3)nc3ccccc3c2=O)cc1Cl. The first kappa shape index (κ1) is 24.0. The van der Waals surface area contributed by atoms with E-state index in [-0.39, 0.29) is 18.1 Å². The predicted octanol–water partition coefficient (Wildman–Crippen LogP) is 5.31. The Morgan fingerprint density at radius 2 is 2.00 bits per heavy atom. The molecule has 0 radical (unpaired) electrons. The summed E-state index contributed by atoms with van der Waals surface area (Å²) in [6.07, 6.45) is 6.26. The lowest BCUT2D eigenvalue weighted by Crippen LogP contribution is -2.26. The fourth-order valence-electron chi connectivity index (χ4n) is 4.19. The van der Waals surface area contributed by atoms with E-state index in [0.29, 0.717) is 33.1 Å². The highest BCUT2D eigenvalue weighted by Gasteiger charge is 2.22. The van der Waals surface area contributed by atoms with Crippen LogP contribution in [0.5, 0.6) is 5.75 Å². The minimum Gasteiger partial charge on any atom is -0.477 e. The van der Waals surface area contributed by atoms with Gasteiger partial charge in [-0.25, -0.2) is 9.78 Å². The number of nitrogens with zero attached hydrogens (tertiary/aromatic N) is 3. The molecule has 0 N–H and O–H groups in total. The van der Waals surface area contributed by atoms with Gasteiger partial charge in [-0.3, -0.25) is 4.79 Å². The van der Waals surface area contributed by atoms with Crippen LogP contribution in [0.25, 0.3) is 10.9 Å². The number of hydrogen-bond acceptors (Lipinski definition) is 6. The van der Waals surface area contributed by atoms with Crippen molar-refractivity contribution in [1.29, 1.82) is 0 Å². The fraction of sp³-hybridized carbons (Fsp3) is 0.385. The fourth-order valence-corrected chi connectivity index (χ4v) is 4.43. The molecule has 1 atom stereocenters. The Morgan fingerprint density at radius 1 is 1.24 bits per heavy atom. The van der Waals surface area contributed by atoms with Gasteiger partial charge in [0.15, 0.2) is 6.10 Å². The average molecular weight is 482 g/mol. The van der Waals surface area contributed by atoms with Crippen molar-refractivity contribution in [2.75, 3.05) is 6.61 Å². The molecule has 8 heteroatoms. The zero-order chi connectivity index (χ0) is 24.1. The van der Waals surface area contributed by atoms with Crippen LogP contribution in [0.3, 0.4) is 0 Å². The molecule has 4 rings (SSSR count). The van der Waals surface area contributed by atoms with Gasteiger partial charge >= 0.3 is 5.97 Å². The minimum atomic E-state index is -0.780. The molecule has 0 bridgehead atoms. The van der Waals surface area contributed by atoms with E-state index in [1.54, 1.807) is 44.3 Å². The third-order valence-electron chi connectivity index (χ3n) is 5.95. The van der Waals surface area contributed by atoms with Crippen molar-refractivity contribution in [3.8, 4) is 5.75 Å². The Hall–Kier alpha value is -3.19. The van der Waals surface area contributed by atoms with E-state index in [9.17, 15) is 9.59 Å². The number of rotatable bonds is 7. The normalized spacial score (nSPS) is 15.5. The first-order chi connectivity index (χ1) is 16.5. The number of carbonyl (C=O) groups is 1. The number of ether oxygens (including phenoxy) is 2. The van der Waals surface area contributed by atoms with Crippen molar-refractivity contribution in [1.82, 2.24) is 9.66 Å². The number of aromatic nitrogens is 2. The van der Waals surface area contributed by atoms with Gasteiger partial charge in [-0.05, 0) is 62.6 Å². The molecule has 0 aliphatic heterocycles. The summed E-state index contributed by atoms with van der Waals surface area (Å²) >= 11 is 6.38. The lowest BCUT2D eigenvalue weighted by Gasteiger charge is -2.22. The van der Waals surface area contributed by atoms with Crippen molar-refractivity contribution in [3.05, 3.63) is 69.2 Å². The zero-order valence-corrected chi connectivity index (χ0v) is 20.1. The molecule has 1 aliphatic rings. The molecule has 34 heavy (non-hydrogen) atoms. The molecular formula is C26H28ClN3O4. The van der Waals surface area contributed by atoms with Gasteiger partial charge in [0.25, 0.3) is 5.56 Å². The van der Waals surface area contributed by atoms with Crippen LogP contribution in [0.2, 0.25) is 5.02 Å². The van der Waals surface area contributed by atoms with Crippen molar-refractivity contribution in [2.24, 2.45) is 5.10 Å². The zero-order valence-electron chi connectivity index (χ0n) is 19.4. The molecule has 1 aliphatic carbocycles. The summed E-state index contributed by atoms with van der Waals surface area (Å²) in [4.78, 5) is 29.9. The molecule has 0 amide bonds. The number of esters is 1. The van der Waals surface area contributed by atoms with E-state index in [1.807, 2.05) is 18.2 Å². The smallest absolute Gasteiger partial charge is 0.347 e. The van der Waals surface area contributed by atoms with Crippen LogP contribution in [-0.2, 0) is 9.53 Å². The quantitative estimate of drug-likeness (QED) is 0.337. The van der Waals surface area contributed by atoms with E-state index in [2.05, 4.69) is 5.10 Å². The molecule has 1 saturated carbocycles. The molecule has 0 saturated heterocycles. The summed E-state index contributed by atoms with van der Waals surface area (Å²) in [6.45, 7) is 3.62. The van der Waals surface area contributed by atoms with Crippen LogP contribution < -0.4 is 10.3 Å². The summed E-state index contributed by atoms with van der Waals surface area (Å²) in [6, 6.07) is 12.5. The van der Waals surface area contributed by atoms with Crippen LogP contribution in [0, 0.1) is 0 Å². The number of carbonyl (C=O) groups excluding carboxylic acids is 1. The van der Waals surface area contributed by atoms with Gasteiger partial charge in [-0.15, -0.1) is 0 Å². The molecule has 0 unspecified atom stereocenters. The van der Waals surface area contributed by atoms with Gasteiger partial charge in [-0.1, -0.05) is 43.0 Å². The molecule has 178 valence electrons. The van der Waals surface area contributed by atoms with Crippen molar-refractivity contribution in [3.63, 3.8) is 0 Å². The average Bonchev–Trinajstić information content (AvgIpc) is 2.85. The van der Waals surface area contributed by atoms with Crippen LogP contribution in [0.1, 0.15) is 63.3 Å². The number of fused-ring (bicyclic) bond motifs is 1. The lowest BCUT2D eigenvalue weighted by molar-refractivity contribution is -0.150. The second-order valence-electron chi connectivity index (χ2n) is 8.39. The molecule has 7 nitrogen and oxygen atoms in total. The molecular weight excluding hydrogens is 454 g/mol. The van der Waals surface area contributed by atoms with Gasteiger partial charge < -0.3 is 9.47 Å². The summed E-state index contributed by atoms with van der Waals surface area (Å²) in [5.74, 6) is 0.815. The van der Waals surface area contributed by atoms with Crippen LogP contribution in [-0.4, -0.2) is 34.6 Å². The van der Waals surface area contributed by atoms with Crippen LogP contribution in [0.15, 0.2) is 52.4 Å². The Bertz CT molecular complexity index is 1260. The highest BCUT2D eigenvalue weighted by Crippen LogP contribution is 2.32. The molecule has 1 fully saturated rings. The Morgan fingerprint density at radius 3 is 2.74 bits per heavy atom. The van der Waals surface area contributed by atoms with E-state index in [0.717, 1.165) is 25.7 Å². The number of hydrogen-bond donors (Lipinski definition) is 0.